The fourth-order valence-electron chi connectivity index (χ4n) is 1.92. The van der Waals surface area contributed by atoms with Crippen LogP contribution < -0.4 is 5.32 Å². The van der Waals surface area contributed by atoms with E-state index >= 15 is 0 Å². The first kappa shape index (κ1) is 21.0. The SMILES string of the molecule is CC(=S)OC(C(=O)O)N1C(=O)[C@H](NC(=O)CSC(F)(F)F)[C@@H]1CBr. The second kappa shape index (κ2) is 8.34. The first-order valence-corrected chi connectivity index (χ1v) is 8.77. The minimum Gasteiger partial charge on any atom is -0.477 e. The van der Waals surface area contributed by atoms with Gasteiger partial charge in [0.2, 0.25) is 5.91 Å². The normalized spacial score (nSPS) is 21.7. The molecule has 7 nitrogen and oxygen atoms in total. The number of aliphatic carboxylic acids is 1. The first-order valence-electron chi connectivity index (χ1n) is 6.26. The van der Waals surface area contributed by atoms with E-state index in [0.29, 0.717) is 0 Å². The molecule has 1 fully saturated rings. The van der Waals surface area contributed by atoms with Gasteiger partial charge in [-0.25, -0.2) is 4.79 Å². The van der Waals surface area contributed by atoms with Crippen LogP contribution in [0.5, 0.6) is 0 Å². The smallest absolute Gasteiger partial charge is 0.442 e. The van der Waals surface area contributed by atoms with Crippen LogP contribution in [-0.2, 0) is 19.1 Å². The van der Waals surface area contributed by atoms with Crippen molar-refractivity contribution in [1.82, 2.24) is 10.2 Å². The average Bonchev–Trinajstić information content (AvgIpc) is 2.44. The number of halogens is 4. The molecule has 0 spiro atoms. The molecule has 1 aliphatic heterocycles. The lowest BCUT2D eigenvalue weighted by Crippen LogP contribution is -2.75. The number of hydrogen-bond donors (Lipinski definition) is 2. The molecule has 0 aromatic carbocycles. The van der Waals surface area contributed by atoms with Gasteiger partial charge in [-0.2, -0.15) is 13.2 Å². The number of rotatable bonds is 7. The van der Waals surface area contributed by atoms with Gasteiger partial charge in [0.15, 0.2) is 5.05 Å². The van der Waals surface area contributed by atoms with Gasteiger partial charge in [-0.3, -0.25) is 14.5 Å². The van der Waals surface area contributed by atoms with E-state index in [1.807, 2.05) is 0 Å². The van der Waals surface area contributed by atoms with Gasteiger partial charge in [0.1, 0.15) is 6.04 Å². The lowest BCUT2D eigenvalue weighted by atomic mass is 9.96. The monoisotopic (exact) mass is 452 g/mol. The number of carbonyl (C=O) groups excluding carboxylic acids is 2. The van der Waals surface area contributed by atoms with E-state index in [4.69, 9.17) is 9.84 Å². The molecule has 1 saturated heterocycles. The number of thioether (sulfide) groups is 1. The number of carbonyl (C=O) groups is 3. The molecule has 0 saturated carbocycles. The number of likely N-dealkylation sites (tertiary alicyclic amines) is 1. The number of carboxylic acids is 1. The molecule has 1 aliphatic rings. The number of hydrogen-bond acceptors (Lipinski definition) is 6. The molecular weight excluding hydrogens is 441 g/mol. The summed E-state index contributed by atoms with van der Waals surface area (Å²) in [5.74, 6) is -4.13. The molecule has 1 rings (SSSR count). The van der Waals surface area contributed by atoms with Crippen molar-refractivity contribution in [2.24, 2.45) is 0 Å². The number of β-lactam (4-membered cyclic amide) rings is 1. The molecule has 0 bridgehead atoms. The Bertz CT molecular complexity index is 548. The zero-order valence-electron chi connectivity index (χ0n) is 12.0. The van der Waals surface area contributed by atoms with Crippen LogP contribution in [0.4, 0.5) is 13.2 Å². The number of nitrogens with one attached hydrogen (secondary N) is 1. The largest absolute Gasteiger partial charge is 0.477 e. The second-order valence-corrected chi connectivity index (χ2v) is 6.81. The fraction of sp³-hybridized carbons (Fsp3) is 0.636. The van der Waals surface area contributed by atoms with Crippen LogP contribution in [0.3, 0.4) is 0 Å². The Morgan fingerprint density at radius 1 is 1.54 bits per heavy atom. The maximum Gasteiger partial charge on any atom is 0.442 e. The Morgan fingerprint density at radius 2 is 2.12 bits per heavy atom. The highest BCUT2D eigenvalue weighted by molar-refractivity contribution is 9.09. The number of ether oxygens (including phenoxy) is 1. The van der Waals surface area contributed by atoms with Gasteiger partial charge in [0.25, 0.3) is 12.1 Å². The van der Waals surface area contributed by atoms with Crippen LogP contribution in [0.1, 0.15) is 6.92 Å². The number of thiocarbonyl (C=S) groups is 1. The lowest BCUT2D eigenvalue weighted by Gasteiger charge is -2.48. The van der Waals surface area contributed by atoms with Crippen LogP contribution in [-0.4, -0.2) is 67.7 Å². The number of nitrogens with zero attached hydrogens (tertiary/aromatic N) is 1. The van der Waals surface area contributed by atoms with Gasteiger partial charge in [-0.05, 0) is 24.0 Å². The van der Waals surface area contributed by atoms with Crippen molar-refractivity contribution in [3.63, 3.8) is 0 Å². The van der Waals surface area contributed by atoms with E-state index in [9.17, 15) is 27.6 Å². The van der Waals surface area contributed by atoms with Crippen molar-refractivity contribution < 1.29 is 37.4 Å². The van der Waals surface area contributed by atoms with E-state index in [1.54, 1.807) is 0 Å². The molecular formula is C11H12BrF3N2O5S2. The van der Waals surface area contributed by atoms with Crippen LogP contribution in [0.25, 0.3) is 0 Å². The molecule has 1 heterocycles. The number of amides is 2. The summed E-state index contributed by atoms with van der Waals surface area (Å²) in [4.78, 5) is 35.6. The summed E-state index contributed by atoms with van der Waals surface area (Å²) < 4.78 is 41.1. The second-order valence-electron chi connectivity index (χ2n) is 4.55. The molecule has 0 aromatic heterocycles. The molecule has 2 amide bonds. The van der Waals surface area contributed by atoms with Crippen LogP contribution >= 0.6 is 39.9 Å². The molecule has 136 valence electrons. The molecule has 0 radical (unpaired) electrons. The summed E-state index contributed by atoms with van der Waals surface area (Å²) >= 11 is 7.18. The zero-order chi connectivity index (χ0) is 18.7. The summed E-state index contributed by atoms with van der Waals surface area (Å²) in [6.45, 7) is 1.33. The highest BCUT2D eigenvalue weighted by Crippen LogP contribution is 2.30. The van der Waals surface area contributed by atoms with Crippen LogP contribution in [0.2, 0.25) is 0 Å². The fourth-order valence-corrected chi connectivity index (χ4v) is 3.08. The van der Waals surface area contributed by atoms with Crippen molar-refractivity contribution in [1.29, 1.82) is 0 Å². The van der Waals surface area contributed by atoms with Gasteiger partial charge in [0.05, 0.1) is 11.8 Å². The van der Waals surface area contributed by atoms with E-state index in [0.717, 1.165) is 4.90 Å². The number of carboxylic acid groups (broad SMARTS) is 1. The Balaban J connectivity index is 2.73. The van der Waals surface area contributed by atoms with Crippen molar-refractivity contribution in [3.05, 3.63) is 0 Å². The summed E-state index contributed by atoms with van der Waals surface area (Å²) in [5, 5.41) is 11.3. The van der Waals surface area contributed by atoms with Crippen molar-refractivity contribution >= 4 is 62.7 Å². The molecule has 24 heavy (non-hydrogen) atoms. The Labute approximate surface area is 152 Å². The topological polar surface area (TPSA) is 95.9 Å². The van der Waals surface area contributed by atoms with Crippen LogP contribution in [0.15, 0.2) is 0 Å². The highest BCUT2D eigenvalue weighted by atomic mass is 79.9. The van der Waals surface area contributed by atoms with E-state index in [1.165, 1.54) is 6.92 Å². The van der Waals surface area contributed by atoms with Gasteiger partial charge < -0.3 is 15.2 Å². The maximum atomic E-state index is 12.1. The van der Waals surface area contributed by atoms with E-state index < -0.39 is 59.1 Å². The molecule has 2 N–H and O–H groups in total. The first-order chi connectivity index (χ1) is 11.0. The average molecular weight is 453 g/mol. The quantitative estimate of drug-likeness (QED) is 0.339. The van der Waals surface area contributed by atoms with E-state index in [2.05, 4.69) is 33.5 Å². The zero-order valence-corrected chi connectivity index (χ0v) is 15.2. The van der Waals surface area contributed by atoms with Crippen LogP contribution in [0, 0.1) is 0 Å². The molecule has 0 aliphatic carbocycles. The molecule has 1 unspecified atom stereocenters. The van der Waals surface area contributed by atoms with E-state index in [-0.39, 0.29) is 10.4 Å². The maximum absolute atomic E-state index is 12.1. The third-order valence-corrected chi connectivity index (χ3v) is 4.34. The molecule has 0 aromatic rings. The van der Waals surface area contributed by atoms with Gasteiger partial charge in [-0.1, -0.05) is 15.9 Å². The van der Waals surface area contributed by atoms with Crippen molar-refractivity contribution in [2.75, 3.05) is 11.1 Å². The highest BCUT2D eigenvalue weighted by Gasteiger charge is 2.53. The third-order valence-electron chi connectivity index (χ3n) is 2.85. The Kier molecular flexibility index (Phi) is 7.28. The lowest BCUT2D eigenvalue weighted by molar-refractivity contribution is -0.180. The summed E-state index contributed by atoms with van der Waals surface area (Å²) in [5.41, 5.74) is -4.57. The molecule has 3 atom stereocenters. The van der Waals surface area contributed by atoms with Crippen molar-refractivity contribution in [3.8, 4) is 0 Å². The Hall–Kier alpha value is -1.08. The third kappa shape index (κ3) is 5.48. The Morgan fingerprint density at radius 3 is 2.54 bits per heavy atom. The predicted molar refractivity (Wildman–Crippen MR) is 85.7 cm³/mol. The summed E-state index contributed by atoms with van der Waals surface area (Å²) in [6, 6.07) is -1.94. The minimum atomic E-state index is -4.57. The summed E-state index contributed by atoms with van der Waals surface area (Å²) in [7, 11) is 0. The van der Waals surface area contributed by atoms with Gasteiger partial charge in [-0.15, -0.1) is 0 Å². The minimum absolute atomic E-state index is 0.0831. The standard InChI is InChI=1S/C11H12BrF3N2O5S2/c1-4(23)22-9(10(20)21)17-5(2-12)7(8(17)19)16-6(18)3-24-11(13,14)15/h5,7,9H,2-3H2,1H3,(H,16,18)(H,20,21)/t5-,7+,9?/m0/s1. The van der Waals surface area contributed by atoms with Crippen molar-refractivity contribution in [2.45, 2.75) is 30.7 Å². The van der Waals surface area contributed by atoms with Gasteiger partial charge in [0, 0.05) is 12.3 Å². The summed E-state index contributed by atoms with van der Waals surface area (Å²) in [6.07, 6.45) is -1.67. The number of alkyl halides is 4. The predicted octanol–water partition coefficient (Wildman–Crippen LogP) is 1.10. The molecule has 13 heteroatoms. The van der Waals surface area contributed by atoms with Gasteiger partial charge >= 0.3 is 11.5 Å².